The molecule has 0 radical (unpaired) electrons. The van der Waals surface area contributed by atoms with Gasteiger partial charge in [-0.3, -0.25) is 14.4 Å². The standard InChI is InChI=1S/C29H37BrN2O6/c1-5-11-18(4)31(14-6-2)27(35)25-29-16-20(30)24(38-29)22(28(36)37-15-7-3)23(29)26(34)32(25)21(17-33)19-12-9-8-10-13-19/h6-10,12-13,18,20-25,33H,2-3,5,11,14-17H2,1,4H3/t18?,20?,21-,22-,23+,24-,25?,29?/m1/s1. The summed E-state index contributed by atoms with van der Waals surface area (Å²) in [4.78, 5) is 45.1. The molecule has 206 valence electrons. The van der Waals surface area contributed by atoms with Crippen LogP contribution < -0.4 is 0 Å². The number of hydrogen-bond donors (Lipinski definition) is 1. The van der Waals surface area contributed by atoms with Gasteiger partial charge in [-0.05, 0) is 25.3 Å². The van der Waals surface area contributed by atoms with Crippen molar-refractivity contribution in [2.24, 2.45) is 11.8 Å². The highest BCUT2D eigenvalue weighted by molar-refractivity contribution is 9.09. The smallest absolute Gasteiger partial charge is 0.312 e. The molecule has 1 N–H and O–H groups in total. The Morgan fingerprint density at radius 2 is 2.03 bits per heavy atom. The summed E-state index contributed by atoms with van der Waals surface area (Å²) in [6, 6.07) is 7.23. The number of alkyl halides is 1. The van der Waals surface area contributed by atoms with Crippen LogP contribution in [0, 0.1) is 11.8 Å². The molecule has 9 heteroatoms. The normalized spacial score (nSPS) is 31.0. The van der Waals surface area contributed by atoms with E-state index < -0.39 is 41.6 Å². The number of likely N-dealkylation sites (tertiary alicyclic amines) is 1. The molecule has 3 aliphatic heterocycles. The molecule has 8 nitrogen and oxygen atoms in total. The van der Waals surface area contributed by atoms with Crippen molar-refractivity contribution in [2.75, 3.05) is 19.8 Å². The van der Waals surface area contributed by atoms with E-state index in [4.69, 9.17) is 9.47 Å². The van der Waals surface area contributed by atoms with Crippen LogP contribution in [0.5, 0.6) is 0 Å². The van der Waals surface area contributed by atoms with Crippen LogP contribution in [0.25, 0.3) is 0 Å². The average Bonchev–Trinajstić information content (AvgIpc) is 3.50. The van der Waals surface area contributed by atoms with Gasteiger partial charge in [0.05, 0.1) is 30.6 Å². The van der Waals surface area contributed by atoms with Gasteiger partial charge in [0.25, 0.3) is 0 Å². The molecule has 3 heterocycles. The van der Waals surface area contributed by atoms with Crippen molar-refractivity contribution in [1.82, 2.24) is 9.80 Å². The quantitative estimate of drug-likeness (QED) is 0.228. The molecular formula is C29H37BrN2O6. The first-order chi connectivity index (χ1) is 18.3. The van der Waals surface area contributed by atoms with Gasteiger partial charge in [-0.2, -0.15) is 0 Å². The van der Waals surface area contributed by atoms with E-state index in [1.165, 1.54) is 11.0 Å². The second-order valence-corrected chi connectivity index (χ2v) is 11.5. The first kappa shape index (κ1) is 28.5. The number of amides is 2. The number of ether oxygens (including phenoxy) is 2. The van der Waals surface area contributed by atoms with E-state index in [-0.39, 0.29) is 35.9 Å². The van der Waals surface area contributed by atoms with Crippen LogP contribution in [0.2, 0.25) is 0 Å². The molecule has 2 amide bonds. The lowest BCUT2D eigenvalue weighted by atomic mass is 9.70. The van der Waals surface area contributed by atoms with E-state index in [1.807, 2.05) is 37.3 Å². The summed E-state index contributed by atoms with van der Waals surface area (Å²) in [5.41, 5.74) is -0.538. The molecule has 1 aromatic carbocycles. The van der Waals surface area contributed by atoms with Crippen molar-refractivity contribution in [3.05, 3.63) is 61.2 Å². The van der Waals surface area contributed by atoms with Crippen LogP contribution in [-0.4, -0.2) is 81.1 Å². The second-order valence-electron chi connectivity index (χ2n) is 10.4. The van der Waals surface area contributed by atoms with E-state index in [1.54, 1.807) is 11.0 Å². The highest BCUT2D eigenvalue weighted by atomic mass is 79.9. The van der Waals surface area contributed by atoms with Crippen molar-refractivity contribution in [3.8, 4) is 0 Å². The molecule has 0 aromatic heterocycles. The Labute approximate surface area is 232 Å². The first-order valence-electron chi connectivity index (χ1n) is 13.3. The van der Waals surface area contributed by atoms with E-state index in [2.05, 4.69) is 36.0 Å². The van der Waals surface area contributed by atoms with Crippen molar-refractivity contribution >= 4 is 33.7 Å². The zero-order valence-electron chi connectivity index (χ0n) is 22.0. The summed E-state index contributed by atoms with van der Waals surface area (Å²) >= 11 is 3.67. The van der Waals surface area contributed by atoms with Crippen molar-refractivity contribution < 1.29 is 29.0 Å². The minimum Gasteiger partial charge on any atom is -0.461 e. The molecule has 1 aromatic rings. The molecular weight excluding hydrogens is 552 g/mol. The van der Waals surface area contributed by atoms with E-state index >= 15 is 0 Å². The molecule has 3 saturated heterocycles. The fraction of sp³-hybridized carbons (Fsp3) is 0.552. The van der Waals surface area contributed by atoms with Crippen LogP contribution >= 0.6 is 15.9 Å². The van der Waals surface area contributed by atoms with Gasteiger partial charge in [-0.15, -0.1) is 6.58 Å². The summed E-state index contributed by atoms with van der Waals surface area (Å²) in [5, 5.41) is 10.6. The number of carbonyl (C=O) groups excluding carboxylic acids is 3. The topological polar surface area (TPSA) is 96.4 Å². The second kappa shape index (κ2) is 11.7. The lowest BCUT2D eigenvalue weighted by Gasteiger charge is -2.41. The van der Waals surface area contributed by atoms with Gasteiger partial charge in [-0.25, -0.2) is 0 Å². The minimum absolute atomic E-state index is 0.0138. The molecule has 0 aliphatic carbocycles. The lowest BCUT2D eigenvalue weighted by Crippen LogP contribution is -2.58. The van der Waals surface area contributed by atoms with Crippen molar-refractivity contribution in [3.63, 3.8) is 0 Å². The summed E-state index contributed by atoms with van der Waals surface area (Å²) in [7, 11) is 0. The van der Waals surface area contributed by atoms with Gasteiger partial charge in [0, 0.05) is 17.4 Å². The number of halogens is 1. The van der Waals surface area contributed by atoms with Crippen LogP contribution in [0.1, 0.15) is 44.7 Å². The Morgan fingerprint density at radius 3 is 2.63 bits per heavy atom. The third-order valence-electron chi connectivity index (χ3n) is 8.12. The monoisotopic (exact) mass is 588 g/mol. The number of fused-ring (bicyclic) bond motifs is 1. The molecule has 2 bridgehead atoms. The van der Waals surface area contributed by atoms with Crippen LogP contribution in [0.15, 0.2) is 55.6 Å². The maximum atomic E-state index is 14.5. The predicted molar refractivity (Wildman–Crippen MR) is 146 cm³/mol. The molecule has 1 spiro atoms. The summed E-state index contributed by atoms with van der Waals surface area (Å²) in [6.07, 6.45) is 4.58. The number of aliphatic hydroxyl groups is 1. The predicted octanol–water partition coefficient (Wildman–Crippen LogP) is 3.40. The van der Waals surface area contributed by atoms with Crippen molar-refractivity contribution in [1.29, 1.82) is 0 Å². The Morgan fingerprint density at radius 1 is 1.32 bits per heavy atom. The SMILES string of the molecule is C=CCOC(=O)[C@H]1[C@@H]2OC3(CC2Br)C(C(=O)N(CC=C)C(C)CCC)N([C@H](CO)c2ccccc2)C(=O)[C@H]13. The largest absolute Gasteiger partial charge is 0.461 e. The molecule has 3 fully saturated rings. The molecule has 0 saturated carbocycles. The minimum atomic E-state index is -1.24. The maximum absolute atomic E-state index is 14.5. The van der Waals surface area contributed by atoms with Crippen LogP contribution in [0.3, 0.4) is 0 Å². The molecule has 4 unspecified atom stereocenters. The van der Waals surface area contributed by atoms with Gasteiger partial charge in [-0.1, -0.05) is 78.3 Å². The third kappa shape index (κ3) is 4.62. The maximum Gasteiger partial charge on any atom is 0.312 e. The van der Waals surface area contributed by atoms with E-state index in [9.17, 15) is 19.5 Å². The van der Waals surface area contributed by atoms with Crippen LogP contribution in [-0.2, 0) is 23.9 Å². The number of esters is 1. The number of hydrogen-bond acceptors (Lipinski definition) is 6. The van der Waals surface area contributed by atoms with Gasteiger partial charge in [0.15, 0.2) is 0 Å². The summed E-state index contributed by atoms with van der Waals surface area (Å²) in [5.74, 6) is -2.98. The van der Waals surface area contributed by atoms with Crippen LogP contribution in [0.4, 0.5) is 0 Å². The van der Waals surface area contributed by atoms with Gasteiger partial charge >= 0.3 is 5.97 Å². The molecule has 8 atom stereocenters. The van der Waals surface area contributed by atoms with E-state index in [0.29, 0.717) is 18.5 Å². The Balaban J connectivity index is 1.85. The summed E-state index contributed by atoms with van der Waals surface area (Å²) < 4.78 is 12.0. The molecule has 4 rings (SSSR count). The highest BCUT2D eigenvalue weighted by Gasteiger charge is 2.77. The molecule has 3 aliphatic rings. The Bertz CT molecular complexity index is 1070. The Kier molecular flexibility index (Phi) is 8.79. The third-order valence-corrected chi connectivity index (χ3v) is 8.96. The first-order valence-corrected chi connectivity index (χ1v) is 14.2. The fourth-order valence-electron chi connectivity index (χ4n) is 6.58. The zero-order valence-corrected chi connectivity index (χ0v) is 23.6. The van der Waals surface area contributed by atoms with Gasteiger partial charge in [0.1, 0.15) is 18.2 Å². The number of carbonyl (C=O) groups is 3. The number of aliphatic hydroxyl groups excluding tert-OH is 1. The lowest BCUT2D eigenvalue weighted by molar-refractivity contribution is -0.156. The summed E-state index contributed by atoms with van der Waals surface area (Å²) in [6.45, 7) is 11.4. The van der Waals surface area contributed by atoms with Crippen molar-refractivity contribution in [2.45, 2.75) is 67.8 Å². The number of rotatable bonds is 12. The van der Waals surface area contributed by atoms with Gasteiger partial charge in [0.2, 0.25) is 11.8 Å². The Hall–Kier alpha value is -2.49. The zero-order chi connectivity index (χ0) is 27.6. The molecule has 38 heavy (non-hydrogen) atoms. The number of nitrogens with zero attached hydrogens (tertiary/aromatic N) is 2. The average molecular weight is 590 g/mol. The van der Waals surface area contributed by atoms with Gasteiger partial charge < -0.3 is 24.4 Å². The fourth-order valence-corrected chi connectivity index (χ4v) is 7.52. The number of benzene rings is 1. The van der Waals surface area contributed by atoms with E-state index in [0.717, 1.165) is 12.8 Å². The highest BCUT2D eigenvalue weighted by Crippen LogP contribution is 2.61.